The van der Waals surface area contributed by atoms with E-state index in [0.29, 0.717) is 0 Å². The Morgan fingerprint density at radius 1 is 1.50 bits per heavy atom. The van der Waals surface area contributed by atoms with E-state index in [4.69, 9.17) is 0 Å². The van der Waals surface area contributed by atoms with Gasteiger partial charge in [0.2, 0.25) is 5.91 Å². The van der Waals surface area contributed by atoms with Crippen molar-refractivity contribution in [3.8, 4) is 0 Å². The van der Waals surface area contributed by atoms with Gasteiger partial charge in [-0.05, 0) is 18.8 Å². The van der Waals surface area contributed by atoms with E-state index in [1.165, 1.54) is 12.8 Å². The van der Waals surface area contributed by atoms with Crippen LogP contribution < -0.4 is 5.32 Å². The quantitative estimate of drug-likeness (QED) is 0.624. The van der Waals surface area contributed by atoms with Gasteiger partial charge in [0.1, 0.15) is 0 Å². The molecule has 0 saturated heterocycles. The maximum Gasteiger partial charge on any atom is 0.220 e. The van der Waals surface area contributed by atoms with E-state index in [1.807, 2.05) is 13.8 Å². The van der Waals surface area contributed by atoms with Crippen molar-refractivity contribution in [3.05, 3.63) is 0 Å². The highest BCUT2D eigenvalue weighted by Gasteiger charge is 2.23. The first-order chi connectivity index (χ1) is 4.83. The molecule has 1 saturated carbocycles. The minimum absolute atomic E-state index is 0.188. The molecule has 0 radical (unpaired) electrons. The number of carbonyl (C=O) groups excluding carboxylic acids is 1. The lowest BCUT2D eigenvalue weighted by atomic mass is 10.3. The second-order valence-electron chi connectivity index (χ2n) is 2.32. The van der Waals surface area contributed by atoms with Crippen molar-refractivity contribution in [1.82, 2.24) is 5.32 Å². The average Bonchev–Trinajstić information content (AvgIpc) is 2.76. The predicted molar refractivity (Wildman–Crippen MR) is 42.8 cm³/mol. The summed E-state index contributed by atoms with van der Waals surface area (Å²) >= 11 is 0. The summed E-state index contributed by atoms with van der Waals surface area (Å²) in [4.78, 5) is 10.6. The second-order valence-corrected chi connectivity index (χ2v) is 2.32. The van der Waals surface area contributed by atoms with Gasteiger partial charge in [0.05, 0.1) is 0 Å². The molecule has 1 N–H and O–H groups in total. The van der Waals surface area contributed by atoms with E-state index in [1.54, 1.807) is 7.05 Å². The zero-order valence-corrected chi connectivity index (χ0v) is 7.11. The molecule has 0 unspecified atom stereocenters. The predicted octanol–water partition coefficient (Wildman–Crippen LogP) is 1.56. The lowest BCUT2D eigenvalue weighted by molar-refractivity contribution is -0.120. The van der Waals surface area contributed by atoms with E-state index in [0.717, 1.165) is 12.3 Å². The van der Waals surface area contributed by atoms with Crippen LogP contribution in [-0.4, -0.2) is 13.0 Å². The Hall–Kier alpha value is -0.530. The summed E-state index contributed by atoms with van der Waals surface area (Å²) in [7, 11) is 1.69. The molecular formula is C8H17NO. The van der Waals surface area contributed by atoms with Crippen LogP contribution >= 0.6 is 0 Å². The number of hydrogen-bond donors (Lipinski definition) is 1. The van der Waals surface area contributed by atoms with Gasteiger partial charge in [0.25, 0.3) is 0 Å². The average molecular weight is 143 g/mol. The third-order valence-corrected chi connectivity index (χ3v) is 1.45. The molecule has 2 heteroatoms. The summed E-state index contributed by atoms with van der Waals surface area (Å²) in [5, 5.41) is 2.60. The standard InChI is InChI=1S/C6H11NO.C2H6/c1-7-6(8)4-5-2-3-5;1-2/h5H,2-4H2,1H3,(H,7,8);1-2H3. The third-order valence-electron chi connectivity index (χ3n) is 1.45. The molecule has 1 aliphatic rings. The van der Waals surface area contributed by atoms with Crippen molar-refractivity contribution >= 4 is 5.91 Å². The smallest absolute Gasteiger partial charge is 0.220 e. The van der Waals surface area contributed by atoms with Crippen LogP contribution in [0.2, 0.25) is 0 Å². The molecule has 60 valence electrons. The van der Waals surface area contributed by atoms with E-state index >= 15 is 0 Å². The summed E-state index contributed by atoms with van der Waals surface area (Å²) in [5.74, 6) is 0.905. The van der Waals surface area contributed by atoms with Crippen LogP contribution in [0.3, 0.4) is 0 Å². The molecule has 0 aromatic carbocycles. The van der Waals surface area contributed by atoms with Gasteiger partial charge in [-0.3, -0.25) is 4.79 Å². The number of carbonyl (C=O) groups is 1. The van der Waals surface area contributed by atoms with Gasteiger partial charge in [0, 0.05) is 13.5 Å². The highest BCUT2D eigenvalue weighted by Crippen LogP contribution is 2.31. The van der Waals surface area contributed by atoms with E-state index < -0.39 is 0 Å². The molecule has 1 rings (SSSR count). The van der Waals surface area contributed by atoms with Crippen LogP contribution in [-0.2, 0) is 4.79 Å². The fraction of sp³-hybridized carbons (Fsp3) is 0.875. The van der Waals surface area contributed by atoms with Crippen molar-refractivity contribution in [1.29, 1.82) is 0 Å². The van der Waals surface area contributed by atoms with E-state index in [9.17, 15) is 4.79 Å². The topological polar surface area (TPSA) is 29.1 Å². The Morgan fingerprint density at radius 3 is 2.30 bits per heavy atom. The van der Waals surface area contributed by atoms with Crippen molar-refractivity contribution in [2.24, 2.45) is 5.92 Å². The fourth-order valence-corrected chi connectivity index (χ4v) is 0.686. The highest BCUT2D eigenvalue weighted by molar-refractivity contribution is 5.76. The maximum atomic E-state index is 10.6. The lowest BCUT2D eigenvalue weighted by Gasteiger charge is -1.93. The molecule has 0 atom stereocenters. The molecule has 0 spiro atoms. The first-order valence-corrected chi connectivity index (χ1v) is 4.03. The molecule has 10 heavy (non-hydrogen) atoms. The SMILES string of the molecule is CC.CNC(=O)CC1CC1. The molecule has 0 aliphatic heterocycles. The van der Waals surface area contributed by atoms with Gasteiger partial charge in [0.15, 0.2) is 0 Å². The molecule has 0 aromatic rings. The van der Waals surface area contributed by atoms with Gasteiger partial charge in [-0.2, -0.15) is 0 Å². The van der Waals surface area contributed by atoms with Crippen LogP contribution in [0.5, 0.6) is 0 Å². The largest absolute Gasteiger partial charge is 0.359 e. The summed E-state index contributed by atoms with van der Waals surface area (Å²) in [5.41, 5.74) is 0. The first-order valence-electron chi connectivity index (χ1n) is 4.03. The molecule has 1 fully saturated rings. The van der Waals surface area contributed by atoms with E-state index in [2.05, 4.69) is 5.32 Å². The first kappa shape index (κ1) is 9.47. The monoisotopic (exact) mass is 143 g/mol. The maximum absolute atomic E-state index is 10.6. The molecular weight excluding hydrogens is 126 g/mol. The van der Waals surface area contributed by atoms with Crippen molar-refractivity contribution in [2.75, 3.05) is 7.05 Å². The lowest BCUT2D eigenvalue weighted by Crippen LogP contribution is -2.17. The molecule has 2 nitrogen and oxygen atoms in total. The van der Waals surface area contributed by atoms with Gasteiger partial charge in [-0.15, -0.1) is 0 Å². The zero-order valence-electron chi connectivity index (χ0n) is 7.11. The second kappa shape index (κ2) is 5.27. The van der Waals surface area contributed by atoms with Crippen LogP contribution in [0.15, 0.2) is 0 Å². The van der Waals surface area contributed by atoms with Crippen molar-refractivity contribution < 1.29 is 4.79 Å². The minimum atomic E-state index is 0.188. The Bertz CT molecular complexity index is 97.4. The molecule has 0 aromatic heterocycles. The van der Waals surface area contributed by atoms with Crippen molar-refractivity contribution in [2.45, 2.75) is 33.1 Å². The normalized spacial score (nSPS) is 15.1. The molecule has 1 aliphatic carbocycles. The van der Waals surface area contributed by atoms with E-state index in [-0.39, 0.29) is 5.91 Å². The van der Waals surface area contributed by atoms with Crippen LogP contribution in [0.25, 0.3) is 0 Å². The van der Waals surface area contributed by atoms with Crippen LogP contribution in [0, 0.1) is 5.92 Å². The molecule has 1 amide bonds. The number of hydrogen-bond acceptors (Lipinski definition) is 1. The number of amides is 1. The van der Waals surface area contributed by atoms with Gasteiger partial charge >= 0.3 is 0 Å². The van der Waals surface area contributed by atoms with Gasteiger partial charge in [-0.1, -0.05) is 13.8 Å². The Morgan fingerprint density at radius 2 is 2.00 bits per heavy atom. The third kappa shape index (κ3) is 4.36. The van der Waals surface area contributed by atoms with Gasteiger partial charge < -0.3 is 5.32 Å². The van der Waals surface area contributed by atoms with Crippen LogP contribution in [0.1, 0.15) is 33.1 Å². The number of rotatable bonds is 2. The Labute approximate surface area is 63.0 Å². The highest BCUT2D eigenvalue weighted by atomic mass is 16.1. The summed E-state index contributed by atoms with van der Waals surface area (Å²) in [6, 6.07) is 0. The minimum Gasteiger partial charge on any atom is -0.359 e. The van der Waals surface area contributed by atoms with Crippen LogP contribution in [0.4, 0.5) is 0 Å². The van der Waals surface area contributed by atoms with Gasteiger partial charge in [-0.25, -0.2) is 0 Å². The zero-order chi connectivity index (χ0) is 7.98. The number of nitrogens with one attached hydrogen (secondary N) is 1. The van der Waals surface area contributed by atoms with Crippen molar-refractivity contribution in [3.63, 3.8) is 0 Å². The molecule has 0 bridgehead atoms. The Balaban J connectivity index is 0.000000371. The Kier molecular flexibility index (Phi) is 4.99. The summed E-state index contributed by atoms with van der Waals surface area (Å²) < 4.78 is 0. The molecule has 0 heterocycles. The summed E-state index contributed by atoms with van der Waals surface area (Å²) in [6.45, 7) is 4.00. The summed E-state index contributed by atoms with van der Waals surface area (Å²) in [6.07, 6.45) is 3.26. The fourth-order valence-electron chi connectivity index (χ4n) is 0.686.